The highest BCUT2D eigenvalue weighted by Crippen LogP contribution is 2.45. The molecular weight excluding hydrogens is 383 g/mol. The van der Waals surface area contributed by atoms with E-state index in [4.69, 9.17) is 0 Å². The summed E-state index contributed by atoms with van der Waals surface area (Å²) in [6, 6.07) is 3.98. The Morgan fingerprint density at radius 2 is 1.54 bits per heavy atom. The number of halogens is 5. The molecule has 0 bridgehead atoms. The van der Waals surface area contributed by atoms with E-state index >= 15 is 0 Å². The molecule has 0 amide bonds. The lowest BCUT2D eigenvalue weighted by molar-refractivity contribution is -0.137. The van der Waals surface area contributed by atoms with Gasteiger partial charge in [0.05, 0.1) is 16.6 Å². The molecule has 0 aromatic heterocycles. The van der Waals surface area contributed by atoms with E-state index in [1.807, 2.05) is 0 Å². The maximum Gasteiger partial charge on any atom is 0.416 e. The molecule has 0 radical (unpaired) electrons. The summed E-state index contributed by atoms with van der Waals surface area (Å²) in [6.45, 7) is 0. The molecule has 140 valence electrons. The number of aliphatic hydroxyl groups excluding tert-OH is 2. The first-order chi connectivity index (χ1) is 11.9. The fourth-order valence-corrected chi connectivity index (χ4v) is 4.97. The number of hydrogen-bond donors (Lipinski definition) is 2. The van der Waals surface area contributed by atoms with Crippen LogP contribution in [0.1, 0.15) is 28.9 Å². The van der Waals surface area contributed by atoms with Crippen molar-refractivity contribution in [3.05, 3.63) is 64.7 Å². The summed E-state index contributed by atoms with van der Waals surface area (Å²) in [7, 11) is -4.45. The van der Waals surface area contributed by atoms with Crippen molar-refractivity contribution < 1.29 is 40.6 Å². The predicted molar refractivity (Wildman–Crippen MR) is 78.7 cm³/mol. The smallest absolute Gasteiger partial charge is 0.387 e. The quantitative estimate of drug-likeness (QED) is 0.607. The SMILES string of the molecule is O=S1(=O)c2cc(F)c(F)cc2C(O)C1C(O)c1ccc(C(F)(F)F)cc1. The molecule has 1 aliphatic heterocycles. The zero-order valence-electron chi connectivity index (χ0n) is 12.7. The van der Waals surface area contributed by atoms with Gasteiger partial charge in [-0.1, -0.05) is 12.1 Å². The molecule has 10 heteroatoms. The summed E-state index contributed by atoms with van der Waals surface area (Å²) < 4.78 is 89.5. The Kier molecular flexibility index (Phi) is 4.32. The van der Waals surface area contributed by atoms with Crippen LogP contribution in [-0.4, -0.2) is 23.9 Å². The number of fused-ring (bicyclic) bond motifs is 1. The normalized spacial score (nSPS) is 22.9. The maximum atomic E-state index is 13.4. The molecule has 3 rings (SSSR count). The monoisotopic (exact) mass is 394 g/mol. The Morgan fingerprint density at radius 1 is 1.00 bits per heavy atom. The summed E-state index contributed by atoms with van der Waals surface area (Å²) in [4.78, 5) is -0.667. The average Bonchev–Trinajstić information content (AvgIpc) is 2.73. The second-order valence-electron chi connectivity index (χ2n) is 5.82. The number of benzene rings is 2. The van der Waals surface area contributed by atoms with Crippen LogP contribution >= 0.6 is 0 Å². The third-order valence-corrected chi connectivity index (χ3v) is 6.44. The van der Waals surface area contributed by atoms with E-state index < -0.39 is 61.1 Å². The molecule has 3 atom stereocenters. The van der Waals surface area contributed by atoms with E-state index in [0.717, 1.165) is 12.1 Å². The van der Waals surface area contributed by atoms with Gasteiger partial charge in [-0.3, -0.25) is 0 Å². The number of sulfone groups is 1. The minimum atomic E-state index is -4.62. The van der Waals surface area contributed by atoms with E-state index in [9.17, 15) is 40.6 Å². The van der Waals surface area contributed by atoms with Crippen LogP contribution in [0, 0.1) is 11.6 Å². The van der Waals surface area contributed by atoms with Gasteiger partial charge < -0.3 is 10.2 Å². The Bertz CT molecular complexity index is 954. The second-order valence-corrected chi connectivity index (χ2v) is 7.90. The van der Waals surface area contributed by atoms with E-state index in [1.54, 1.807) is 0 Å². The molecule has 2 aromatic carbocycles. The Labute approximate surface area is 144 Å². The lowest BCUT2D eigenvalue weighted by Gasteiger charge is -2.21. The lowest BCUT2D eigenvalue weighted by atomic mass is 9.98. The molecular formula is C16H11F5O4S. The van der Waals surface area contributed by atoms with Gasteiger partial charge in [0.25, 0.3) is 0 Å². The van der Waals surface area contributed by atoms with Crippen LogP contribution in [0.25, 0.3) is 0 Å². The molecule has 2 aromatic rings. The summed E-state index contributed by atoms with van der Waals surface area (Å²) in [5, 5.41) is 18.6. The van der Waals surface area contributed by atoms with E-state index in [0.29, 0.717) is 24.3 Å². The predicted octanol–water partition coefficient (Wildman–Crippen LogP) is 2.91. The van der Waals surface area contributed by atoms with Gasteiger partial charge in [-0.2, -0.15) is 13.2 Å². The Hall–Kier alpha value is -2.04. The third kappa shape index (κ3) is 2.87. The molecule has 0 aliphatic carbocycles. The van der Waals surface area contributed by atoms with Gasteiger partial charge in [-0.25, -0.2) is 17.2 Å². The Morgan fingerprint density at radius 3 is 2.08 bits per heavy atom. The van der Waals surface area contributed by atoms with Crippen molar-refractivity contribution in [3.8, 4) is 0 Å². The molecule has 0 saturated carbocycles. The number of aliphatic hydroxyl groups is 2. The van der Waals surface area contributed by atoms with Crippen molar-refractivity contribution in [3.63, 3.8) is 0 Å². The van der Waals surface area contributed by atoms with E-state index in [2.05, 4.69) is 0 Å². The van der Waals surface area contributed by atoms with Crippen LogP contribution in [0.3, 0.4) is 0 Å². The molecule has 26 heavy (non-hydrogen) atoms. The van der Waals surface area contributed by atoms with Crippen LogP contribution in [0.5, 0.6) is 0 Å². The molecule has 0 fully saturated rings. The van der Waals surface area contributed by atoms with Crippen molar-refractivity contribution in [1.82, 2.24) is 0 Å². The third-order valence-electron chi connectivity index (χ3n) is 4.24. The zero-order valence-corrected chi connectivity index (χ0v) is 13.5. The van der Waals surface area contributed by atoms with Crippen LogP contribution in [-0.2, 0) is 16.0 Å². The van der Waals surface area contributed by atoms with Gasteiger partial charge in [0.15, 0.2) is 21.5 Å². The van der Waals surface area contributed by atoms with Crippen LogP contribution in [0.15, 0.2) is 41.3 Å². The Balaban J connectivity index is 2.02. The minimum absolute atomic E-state index is 0.195. The van der Waals surface area contributed by atoms with Gasteiger partial charge in [-0.15, -0.1) is 0 Å². The maximum absolute atomic E-state index is 13.4. The van der Waals surface area contributed by atoms with Gasteiger partial charge in [0.1, 0.15) is 11.4 Å². The average molecular weight is 394 g/mol. The van der Waals surface area contributed by atoms with Crippen LogP contribution < -0.4 is 0 Å². The van der Waals surface area contributed by atoms with Crippen molar-refractivity contribution >= 4 is 9.84 Å². The van der Waals surface area contributed by atoms with Crippen molar-refractivity contribution in [2.24, 2.45) is 0 Å². The molecule has 1 heterocycles. The fraction of sp³-hybridized carbons (Fsp3) is 0.250. The number of alkyl halides is 3. The van der Waals surface area contributed by atoms with E-state index in [-0.39, 0.29) is 5.56 Å². The first-order valence-electron chi connectivity index (χ1n) is 7.20. The van der Waals surface area contributed by atoms with Crippen molar-refractivity contribution in [1.29, 1.82) is 0 Å². The van der Waals surface area contributed by atoms with Gasteiger partial charge >= 0.3 is 6.18 Å². The molecule has 0 spiro atoms. The van der Waals surface area contributed by atoms with Gasteiger partial charge in [0, 0.05) is 5.56 Å². The highest BCUT2D eigenvalue weighted by molar-refractivity contribution is 7.92. The molecule has 2 N–H and O–H groups in total. The standard InChI is InChI=1S/C16H11F5O4S/c17-10-5-9-12(6-11(10)18)26(24,25)15(14(9)23)13(22)7-1-3-8(4-2-7)16(19,20)21/h1-6,13-15,22-23H. The largest absolute Gasteiger partial charge is 0.416 e. The summed E-state index contributed by atoms with van der Waals surface area (Å²) in [6.07, 6.45) is -8.40. The first kappa shape index (κ1) is 18.7. The highest BCUT2D eigenvalue weighted by Gasteiger charge is 2.49. The summed E-state index contributed by atoms with van der Waals surface area (Å²) in [5.41, 5.74) is -1.62. The topological polar surface area (TPSA) is 74.6 Å². The number of hydrogen-bond acceptors (Lipinski definition) is 4. The van der Waals surface area contributed by atoms with E-state index in [1.165, 1.54) is 0 Å². The van der Waals surface area contributed by atoms with Gasteiger partial charge in [-0.05, 0) is 29.8 Å². The van der Waals surface area contributed by atoms with Gasteiger partial charge in [0.2, 0.25) is 0 Å². The lowest BCUT2D eigenvalue weighted by Crippen LogP contribution is -2.29. The second kappa shape index (κ2) is 6.00. The zero-order chi connectivity index (χ0) is 19.4. The van der Waals surface area contributed by atoms with Crippen molar-refractivity contribution in [2.45, 2.75) is 28.5 Å². The first-order valence-corrected chi connectivity index (χ1v) is 8.75. The highest BCUT2D eigenvalue weighted by atomic mass is 32.2. The molecule has 4 nitrogen and oxygen atoms in total. The van der Waals surface area contributed by atoms with Crippen LogP contribution in [0.4, 0.5) is 22.0 Å². The molecule has 3 unspecified atom stereocenters. The fourth-order valence-electron chi connectivity index (χ4n) is 2.92. The van der Waals surface area contributed by atoms with Crippen LogP contribution in [0.2, 0.25) is 0 Å². The summed E-state index contributed by atoms with van der Waals surface area (Å²) >= 11 is 0. The molecule has 1 aliphatic rings. The van der Waals surface area contributed by atoms with Crippen molar-refractivity contribution in [2.75, 3.05) is 0 Å². The minimum Gasteiger partial charge on any atom is -0.387 e. The number of rotatable bonds is 2. The molecule has 0 saturated heterocycles. The summed E-state index contributed by atoms with van der Waals surface area (Å²) in [5.74, 6) is -2.81.